The van der Waals surface area contributed by atoms with E-state index in [-0.39, 0.29) is 43.4 Å². The summed E-state index contributed by atoms with van der Waals surface area (Å²) in [6, 6.07) is 21.6. The Morgan fingerprint density at radius 3 is 2.31 bits per heavy atom. The number of benzene rings is 3. The Balaban J connectivity index is 1.89. The molecule has 0 aliphatic rings. The molecule has 0 spiro atoms. The molecule has 10 heteroatoms. The molecular formula is C32H40FN3O5S. The lowest BCUT2D eigenvalue weighted by Gasteiger charge is -2.32. The summed E-state index contributed by atoms with van der Waals surface area (Å²) >= 11 is 0. The van der Waals surface area contributed by atoms with Crippen LogP contribution in [0.5, 0.6) is 5.75 Å². The molecule has 3 aromatic rings. The van der Waals surface area contributed by atoms with Gasteiger partial charge in [-0.05, 0) is 48.2 Å². The monoisotopic (exact) mass is 597 g/mol. The molecule has 0 radical (unpaired) electrons. The van der Waals surface area contributed by atoms with Gasteiger partial charge in [0.2, 0.25) is 21.8 Å². The number of rotatable bonds is 16. The van der Waals surface area contributed by atoms with E-state index in [0.29, 0.717) is 18.7 Å². The number of amides is 2. The maximum absolute atomic E-state index is 14.5. The van der Waals surface area contributed by atoms with E-state index in [4.69, 9.17) is 4.74 Å². The number of carbonyl (C=O) groups excluding carboxylic acids is 2. The quantitative estimate of drug-likeness (QED) is 0.236. The lowest BCUT2D eigenvalue weighted by molar-refractivity contribution is -0.141. The highest BCUT2D eigenvalue weighted by molar-refractivity contribution is 7.92. The van der Waals surface area contributed by atoms with Gasteiger partial charge in [0.25, 0.3) is 0 Å². The number of methoxy groups -OCH3 is 1. The normalized spacial score (nSPS) is 11.9. The third-order valence-electron chi connectivity index (χ3n) is 6.86. The highest BCUT2D eigenvalue weighted by Crippen LogP contribution is 2.23. The number of anilines is 1. The highest BCUT2D eigenvalue weighted by Gasteiger charge is 2.30. The van der Waals surface area contributed by atoms with Crippen molar-refractivity contribution >= 4 is 27.5 Å². The zero-order chi connectivity index (χ0) is 30.5. The van der Waals surface area contributed by atoms with Gasteiger partial charge in [0.1, 0.15) is 17.6 Å². The fourth-order valence-corrected chi connectivity index (χ4v) is 5.63. The molecule has 8 nitrogen and oxygen atoms in total. The molecule has 3 rings (SSSR count). The molecule has 0 aliphatic heterocycles. The van der Waals surface area contributed by atoms with Crippen molar-refractivity contribution in [2.24, 2.45) is 0 Å². The van der Waals surface area contributed by atoms with E-state index in [1.807, 2.05) is 55.5 Å². The van der Waals surface area contributed by atoms with Gasteiger partial charge in [0, 0.05) is 32.5 Å². The molecule has 0 bridgehead atoms. The molecule has 0 fully saturated rings. The fraction of sp³-hybridized carbons (Fsp3) is 0.375. The first kappa shape index (κ1) is 32.6. The number of halogens is 1. The molecule has 42 heavy (non-hydrogen) atoms. The van der Waals surface area contributed by atoms with Crippen LogP contribution in [0, 0.1) is 5.82 Å². The van der Waals surface area contributed by atoms with Crippen LogP contribution in [0.1, 0.15) is 43.7 Å². The van der Waals surface area contributed by atoms with Crippen molar-refractivity contribution in [1.82, 2.24) is 10.2 Å². The van der Waals surface area contributed by atoms with E-state index in [1.165, 1.54) is 18.2 Å². The Kier molecular flexibility index (Phi) is 12.3. The molecule has 3 aromatic carbocycles. The lowest BCUT2D eigenvalue weighted by atomic mass is 10.0. The van der Waals surface area contributed by atoms with Gasteiger partial charge in [-0.25, -0.2) is 12.8 Å². The van der Waals surface area contributed by atoms with Crippen LogP contribution in [0.25, 0.3) is 0 Å². The number of nitrogens with zero attached hydrogens (tertiary/aromatic N) is 2. The van der Waals surface area contributed by atoms with Crippen molar-refractivity contribution in [2.75, 3.05) is 30.8 Å². The SMILES string of the molecule is CCCCNC(=O)[C@@H](Cc1ccccc1)N(Cc1cccc(OC)c1)C(=O)CCCN(c1ccccc1F)S(C)(=O)=O. The van der Waals surface area contributed by atoms with Crippen LogP contribution in [0.4, 0.5) is 10.1 Å². The van der Waals surface area contributed by atoms with Crippen molar-refractivity contribution in [3.63, 3.8) is 0 Å². The van der Waals surface area contributed by atoms with Crippen LogP contribution in [0.2, 0.25) is 0 Å². The average molecular weight is 598 g/mol. The Hall–Kier alpha value is -3.92. The number of hydrogen-bond acceptors (Lipinski definition) is 5. The molecule has 0 unspecified atom stereocenters. The maximum atomic E-state index is 14.5. The maximum Gasteiger partial charge on any atom is 0.243 e. The first-order chi connectivity index (χ1) is 20.1. The summed E-state index contributed by atoms with van der Waals surface area (Å²) in [4.78, 5) is 29.0. The van der Waals surface area contributed by atoms with Crippen LogP contribution in [0.3, 0.4) is 0 Å². The zero-order valence-corrected chi connectivity index (χ0v) is 25.3. The van der Waals surface area contributed by atoms with Crippen molar-refractivity contribution in [3.8, 4) is 5.75 Å². The zero-order valence-electron chi connectivity index (χ0n) is 24.5. The number of hydrogen-bond donors (Lipinski definition) is 1. The number of nitrogens with one attached hydrogen (secondary N) is 1. The average Bonchev–Trinajstić information content (AvgIpc) is 2.97. The van der Waals surface area contributed by atoms with E-state index >= 15 is 0 Å². The van der Waals surface area contributed by atoms with Gasteiger partial charge in [-0.3, -0.25) is 13.9 Å². The van der Waals surface area contributed by atoms with E-state index in [1.54, 1.807) is 24.1 Å². The summed E-state index contributed by atoms with van der Waals surface area (Å²) in [5.74, 6) is -0.611. The van der Waals surface area contributed by atoms with Gasteiger partial charge in [-0.2, -0.15) is 0 Å². The van der Waals surface area contributed by atoms with Gasteiger partial charge >= 0.3 is 0 Å². The van der Waals surface area contributed by atoms with Crippen molar-refractivity contribution in [1.29, 1.82) is 0 Å². The van der Waals surface area contributed by atoms with Crippen LogP contribution < -0.4 is 14.4 Å². The third kappa shape index (κ3) is 9.58. The second-order valence-corrected chi connectivity index (χ2v) is 12.0. The van der Waals surface area contributed by atoms with Gasteiger partial charge in [0.05, 0.1) is 19.1 Å². The molecule has 1 atom stereocenters. The van der Waals surface area contributed by atoms with Crippen molar-refractivity contribution < 1.29 is 27.1 Å². The number of sulfonamides is 1. The highest BCUT2D eigenvalue weighted by atomic mass is 32.2. The van der Waals surface area contributed by atoms with E-state index < -0.39 is 21.9 Å². The number of carbonyl (C=O) groups is 2. The molecule has 0 aromatic heterocycles. The van der Waals surface area contributed by atoms with Gasteiger partial charge < -0.3 is 15.0 Å². The predicted octanol–water partition coefficient (Wildman–Crippen LogP) is 4.94. The summed E-state index contributed by atoms with van der Waals surface area (Å²) in [5.41, 5.74) is 1.61. The van der Waals surface area contributed by atoms with Crippen molar-refractivity contribution in [3.05, 3.63) is 95.8 Å². The summed E-state index contributed by atoms with van der Waals surface area (Å²) in [6.07, 6.45) is 3.12. The second kappa shape index (κ2) is 15.9. The number of para-hydroxylation sites is 1. The lowest BCUT2D eigenvalue weighted by Crippen LogP contribution is -2.50. The van der Waals surface area contributed by atoms with E-state index in [0.717, 1.165) is 34.5 Å². The summed E-state index contributed by atoms with van der Waals surface area (Å²) in [6.45, 7) is 2.59. The summed E-state index contributed by atoms with van der Waals surface area (Å²) in [7, 11) is -2.25. The summed E-state index contributed by atoms with van der Waals surface area (Å²) < 4.78 is 45.9. The number of ether oxygens (including phenoxy) is 1. The first-order valence-corrected chi connectivity index (χ1v) is 15.9. The smallest absolute Gasteiger partial charge is 0.243 e. The molecule has 2 amide bonds. The molecule has 0 saturated heterocycles. The van der Waals surface area contributed by atoms with Crippen LogP contribution in [0.15, 0.2) is 78.9 Å². The third-order valence-corrected chi connectivity index (χ3v) is 8.04. The van der Waals surface area contributed by atoms with E-state index in [2.05, 4.69) is 5.32 Å². The Morgan fingerprint density at radius 1 is 0.952 bits per heavy atom. The number of unbranched alkanes of at least 4 members (excludes halogenated alkanes) is 1. The molecule has 0 saturated carbocycles. The van der Waals surface area contributed by atoms with Crippen LogP contribution >= 0.6 is 0 Å². The van der Waals surface area contributed by atoms with Crippen LogP contribution in [-0.4, -0.2) is 57.6 Å². The molecule has 0 heterocycles. The largest absolute Gasteiger partial charge is 0.497 e. The minimum absolute atomic E-state index is 0.0437. The van der Waals surface area contributed by atoms with Gasteiger partial charge in [-0.1, -0.05) is 67.9 Å². The fourth-order valence-electron chi connectivity index (χ4n) is 4.66. The summed E-state index contributed by atoms with van der Waals surface area (Å²) in [5, 5.41) is 2.98. The second-order valence-electron chi connectivity index (χ2n) is 10.1. The predicted molar refractivity (Wildman–Crippen MR) is 163 cm³/mol. The minimum atomic E-state index is -3.81. The van der Waals surface area contributed by atoms with Crippen molar-refractivity contribution in [2.45, 2.75) is 51.6 Å². The Morgan fingerprint density at radius 2 is 1.64 bits per heavy atom. The standard InChI is InChI=1S/C32H40FN3O5S/c1-4-5-20-34-32(38)30(23-25-13-7-6-8-14-25)35(24-26-15-11-16-27(22-26)41-2)31(37)19-12-21-36(42(3,39)40)29-18-10-9-17-28(29)33/h6-11,13-18,22,30H,4-5,12,19-21,23-24H2,1-3H3,(H,34,38)/t30-/m1/s1. The molecule has 0 aliphatic carbocycles. The molecule has 226 valence electrons. The Bertz CT molecular complexity index is 1420. The van der Waals surface area contributed by atoms with E-state index in [9.17, 15) is 22.4 Å². The minimum Gasteiger partial charge on any atom is -0.497 e. The van der Waals surface area contributed by atoms with Gasteiger partial charge in [-0.15, -0.1) is 0 Å². The first-order valence-electron chi connectivity index (χ1n) is 14.1. The molecule has 1 N–H and O–H groups in total. The van der Waals surface area contributed by atoms with Crippen LogP contribution in [-0.2, 0) is 32.6 Å². The molecular weight excluding hydrogens is 557 g/mol. The topological polar surface area (TPSA) is 96.0 Å². The Labute approximate surface area is 248 Å². The van der Waals surface area contributed by atoms with Gasteiger partial charge in [0.15, 0.2) is 0 Å².